The lowest BCUT2D eigenvalue weighted by Crippen LogP contribution is -2.61. The quantitative estimate of drug-likeness (QED) is 0.766. The van der Waals surface area contributed by atoms with E-state index in [1.165, 1.54) is 0 Å². The summed E-state index contributed by atoms with van der Waals surface area (Å²) in [5.74, 6) is -0.890. The zero-order valence-electron chi connectivity index (χ0n) is 10.5. The van der Waals surface area contributed by atoms with E-state index in [1.54, 1.807) is 0 Å². The molecule has 1 fully saturated rings. The number of nitrogens with zero attached hydrogens (tertiary/aromatic N) is 1. The van der Waals surface area contributed by atoms with Gasteiger partial charge in [-0.25, -0.2) is 0 Å². The molecule has 1 atom stereocenters. The number of carboxylic acid groups (broad SMARTS) is 1. The third kappa shape index (κ3) is 2.74. The van der Waals surface area contributed by atoms with Gasteiger partial charge >= 0.3 is 5.97 Å². The summed E-state index contributed by atoms with van der Waals surface area (Å²) in [5.41, 5.74) is -1.00. The number of carbonyl (C=O) groups is 1. The highest BCUT2D eigenvalue weighted by Gasteiger charge is 2.46. The van der Waals surface area contributed by atoms with E-state index in [0.717, 1.165) is 19.4 Å². The molecule has 4 nitrogen and oxygen atoms in total. The Labute approximate surface area is 97.3 Å². The number of piperidine rings is 1. The Bertz CT molecular complexity index is 259. The molecule has 4 heteroatoms. The van der Waals surface area contributed by atoms with E-state index in [-0.39, 0.29) is 12.0 Å². The second kappa shape index (κ2) is 4.72. The molecule has 0 aliphatic carbocycles. The van der Waals surface area contributed by atoms with Gasteiger partial charge < -0.3 is 10.2 Å². The summed E-state index contributed by atoms with van der Waals surface area (Å²) < 4.78 is 0. The number of rotatable bonds is 3. The van der Waals surface area contributed by atoms with Crippen LogP contribution >= 0.6 is 0 Å². The molecule has 16 heavy (non-hydrogen) atoms. The summed E-state index contributed by atoms with van der Waals surface area (Å²) in [4.78, 5) is 13.3. The van der Waals surface area contributed by atoms with Crippen LogP contribution in [0.3, 0.4) is 0 Å². The summed E-state index contributed by atoms with van der Waals surface area (Å²) in [6.07, 6.45) is 2.45. The van der Waals surface area contributed by atoms with E-state index < -0.39 is 11.5 Å². The fraction of sp³-hybridized carbons (Fsp3) is 0.917. The average molecular weight is 229 g/mol. The SMILES string of the molecule is CC(C)(C)CN1CCCCC1(CO)C(=O)O. The summed E-state index contributed by atoms with van der Waals surface area (Å²) in [5, 5.41) is 18.8. The Morgan fingerprint density at radius 3 is 2.44 bits per heavy atom. The molecular formula is C12H23NO3. The fourth-order valence-corrected chi connectivity index (χ4v) is 2.38. The van der Waals surface area contributed by atoms with Gasteiger partial charge in [-0.05, 0) is 31.2 Å². The van der Waals surface area contributed by atoms with E-state index in [4.69, 9.17) is 0 Å². The molecule has 1 rings (SSSR count). The van der Waals surface area contributed by atoms with Crippen LogP contribution in [0.1, 0.15) is 40.0 Å². The monoisotopic (exact) mass is 229 g/mol. The van der Waals surface area contributed by atoms with Crippen LogP contribution in [-0.4, -0.2) is 46.3 Å². The number of carboxylic acids is 1. The van der Waals surface area contributed by atoms with Crippen LogP contribution in [0, 0.1) is 5.41 Å². The normalized spacial score (nSPS) is 28.0. The predicted octanol–water partition coefficient (Wildman–Crippen LogP) is 1.33. The Hall–Kier alpha value is -0.610. The van der Waals surface area contributed by atoms with E-state index in [2.05, 4.69) is 20.8 Å². The van der Waals surface area contributed by atoms with Crippen LogP contribution in [0.2, 0.25) is 0 Å². The molecule has 2 N–H and O–H groups in total. The maximum Gasteiger partial charge on any atom is 0.326 e. The largest absolute Gasteiger partial charge is 0.480 e. The Morgan fingerprint density at radius 2 is 2.00 bits per heavy atom. The molecule has 0 spiro atoms. The fourth-order valence-electron chi connectivity index (χ4n) is 2.38. The van der Waals surface area contributed by atoms with Crippen molar-refractivity contribution in [3.63, 3.8) is 0 Å². The molecule has 0 bridgehead atoms. The maximum absolute atomic E-state index is 11.4. The minimum atomic E-state index is -1.05. The van der Waals surface area contributed by atoms with Crippen molar-refractivity contribution in [1.82, 2.24) is 4.90 Å². The van der Waals surface area contributed by atoms with Gasteiger partial charge in [-0.15, -0.1) is 0 Å². The average Bonchev–Trinajstić information content (AvgIpc) is 2.16. The molecule has 0 amide bonds. The van der Waals surface area contributed by atoms with Crippen molar-refractivity contribution in [3.8, 4) is 0 Å². The third-order valence-corrected chi connectivity index (χ3v) is 3.20. The van der Waals surface area contributed by atoms with Crippen molar-refractivity contribution in [1.29, 1.82) is 0 Å². The highest BCUT2D eigenvalue weighted by atomic mass is 16.4. The maximum atomic E-state index is 11.4. The molecule has 94 valence electrons. The van der Waals surface area contributed by atoms with Crippen LogP contribution in [0.5, 0.6) is 0 Å². The number of hydrogen-bond acceptors (Lipinski definition) is 3. The zero-order valence-corrected chi connectivity index (χ0v) is 10.5. The zero-order chi connectivity index (χ0) is 12.4. The molecular weight excluding hydrogens is 206 g/mol. The van der Waals surface area contributed by atoms with Crippen molar-refractivity contribution in [3.05, 3.63) is 0 Å². The summed E-state index contributed by atoms with van der Waals surface area (Å²) in [6.45, 7) is 7.45. The van der Waals surface area contributed by atoms with Crippen LogP contribution < -0.4 is 0 Å². The van der Waals surface area contributed by atoms with E-state index >= 15 is 0 Å². The van der Waals surface area contributed by atoms with Crippen LogP contribution in [0.4, 0.5) is 0 Å². The van der Waals surface area contributed by atoms with Crippen molar-refractivity contribution in [2.24, 2.45) is 5.41 Å². The number of hydrogen-bond donors (Lipinski definition) is 2. The van der Waals surface area contributed by atoms with Gasteiger partial charge in [0.1, 0.15) is 5.54 Å². The minimum Gasteiger partial charge on any atom is -0.480 e. The Kier molecular flexibility index (Phi) is 3.97. The van der Waals surface area contributed by atoms with Crippen molar-refractivity contribution in [2.45, 2.75) is 45.6 Å². The molecule has 0 aromatic rings. The van der Waals surface area contributed by atoms with Gasteiger partial charge in [0.25, 0.3) is 0 Å². The predicted molar refractivity (Wildman–Crippen MR) is 62.3 cm³/mol. The molecule has 0 radical (unpaired) electrons. The second-order valence-corrected chi connectivity index (χ2v) is 5.93. The highest BCUT2D eigenvalue weighted by Crippen LogP contribution is 2.31. The minimum absolute atomic E-state index is 0.0488. The van der Waals surface area contributed by atoms with Gasteiger partial charge in [0.15, 0.2) is 0 Å². The van der Waals surface area contributed by atoms with E-state index in [1.807, 2.05) is 4.90 Å². The number of aliphatic hydroxyl groups is 1. The van der Waals surface area contributed by atoms with E-state index in [0.29, 0.717) is 13.0 Å². The van der Waals surface area contributed by atoms with Crippen LogP contribution in [-0.2, 0) is 4.79 Å². The van der Waals surface area contributed by atoms with Crippen molar-refractivity contribution >= 4 is 5.97 Å². The molecule has 1 saturated heterocycles. The Balaban J connectivity index is 2.89. The van der Waals surface area contributed by atoms with Gasteiger partial charge in [-0.3, -0.25) is 9.69 Å². The first-order chi connectivity index (χ1) is 7.32. The standard InChI is InChI=1S/C12H23NO3/c1-11(2,3)8-13-7-5-4-6-12(13,9-14)10(15)16/h14H,4-9H2,1-3H3,(H,15,16). The molecule has 0 aromatic carbocycles. The lowest BCUT2D eigenvalue weighted by atomic mass is 9.84. The molecule has 1 heterocycles. The van der Waals surface area contributed by atoms with Crippen molar-refractivity contribution in [2.75, 3.05) is 19.7 Å². The first-order valence-electron chi connectivity index (χ1n) is 5.91. The first kappa shape index (κ1) is 13.5. The summed E-state index contributed by atoms with van der Waals surface area (Å²) in [7, 11) is 0. The Morgan fingerprint density at radius 1 is 1.38 bits per heavy atom. The van der Waals surface area contributed by atoms with Gasteiger partial charge in [0.2, 0.25) is 0 Å². The molecule has 1 aliphatic heterocycles. The third-order valence-electron chi connectivity index (χ3n) is 3.20. The number of likely N-dealkylation sites (tertiary alicyclic amines) is 1. The lowest BCUT2D eigenvalue weighted by molar-refractivity contribution is -0.159. The van der Waals surface area contributed by atoms with Gasteiger partial charge in [0, 0.05) is 6.54 Å². The topological polar surface area (TPSA) is 60.8 Å². The van der Waals surface area contributed by atoms with Gasteiger partial charge in [0.05, 0.1) is 6.61 Å². The smallest absolute Gasteiger partial charge is 0.326 e. The molecule has 0 aromatic heterocycles. The van der Waals surface area contributed by atoms with Crippen LogP contribution in [0.25, 0.3) is 0 Å². The van der Waals surface area contributed by atoms with Crippen LogP contribution in [0.15, 0.2) is 0 Å². The first-order valence-corrected chi connectivity index (χ1v) is 5.91. The summed E-state index contributed by atoms with van der Waals surface area (Å²) in [6, 6.07) is 0. The number of aliphatic carboxylic acids is 1. The molecule has 1 unspecified atom stereocenters. The van der Waals surface area contributed by atoms with Gasteiger partial charge in [-0.2, -0.15) is 0 Å². The van der Waals surface area contributed by atoms with Gasteiger partial charge in [-0.1, -0.05) is 20.8 Å². The molecule has 1 aliphatic rings. The molecule has 0 saturated carbocycles. The lowest BCUT2D eigenvalue weighted by Gasteiger charge is -2.45. The highest BCUT2D eigenvalue weighted by molar-refractivity contribution is 5.79. The summed E-state index contributed by atoms with van der Waals surface area (Å²) >= 11 is 0. The second-order valence-electron chi connectivity index (χ2n) is 5.93. The van der Waals surface area contributed by atoms with Crippen molar-refractivity contribution < 1.29 is 15.0 Å². The van der Waals surface area contributed by atoms with E-state index in [9.17, 15) is 15.0 Å². The number of aliphatic hydroxyl groups excluding tert-OH is 1.